The fraction of sp³-hybridized carbons (Fsp3) is 0.619. The number of likely N-dealkylation sites (tertiary alicyclic amines) is 1. The maximum Gasteiger partial charge on any atom is 0.410 e. The zero-order valence-corrected chi connectivity index (χ0v) is 16.6. The molecule has 144 valence electrons. The Morgan fingerprint density at radius 2 is 1.69 bits per heavy atom. The van der Waals surface area contributed by atoms with Crippen molar-refractivity contribution in [2.75, 3.05) is 13.1 Å². The molecule has 2 rings (SSSR count). The second-order valence-electron chi connectivity index (χ2n) is 8.38. The number of hydrogen-bond donors (Lipinski definition) is 1. The zero-order chi connectivity index (χ0) is 19.3. The van der Waals surface area contributed by atoms with Gasteiger partial charge >= 0.3 is 6.09 Å². The minimum atomic E-state index is -0.495. The monoisotopic (exact) mass is 360 g/mol. The summed E-state index contributed by atoms with van der Waals surface area (Å²) in [6, 6.07) is 10.1. The minimum Gasteiger partial charge on any atom is -0.444 e. The quantitative estimate of drug-likeness (QED) is 0.877. The molecule has 5 heteroatoms. The number of nitrogens with zero attached hydrogens (tertiary/aromatic N) is 1. The number of nitrogens with one attached hydrogen (secondary N) is 1. The topological polar surface area (TPSA) is 58.6 Å². The van der Waals surface area contributed by atoms with Crippen molar-refractivity contribution in [1.82, 2.24) is 10.2 Å². The summed E-state index contributed by atoms with van der Waals surface area (Å²) in [5, 5.41) is 3.21. The summed E-state index contributed by atoms with van der Waals surface area (Å²) < 4.78 is 5.41. The maximum absolute atomic E-state index is 12.7. The molecule has 0 aromatic heterocycles. The van der Waals surface area contributed by atoms with E-state index in [0.717, 1.165) is 5.56 Å². The van der Waals surface area contributed by atoms with Crippen LogP contribution in [0.5, 0.6) is 0 Å². The van der Waals surface area contributed by atoms with Crippen molar-refractivity contribution in [3.63, 3.8) is 0 Å². The summed E-state index contributed by atoms with van der Waals surface area (Å²) in [6.45, 7) is 10.9. The summed E-state index contributed by atoms with van der Waals surface area (Å²) in [4.78, 5) is 26.6. The molecule has 1 atom stereocenters. The smallest absolute Gasteiger partial charge is 0.410 e. The van der Waals surface area contributed by atoms with Crippen molar-refractivity contribution in [3.05, 3.63) is 35.9 Å². The molecule has 0 bridgehead atoms. The average Bonchev–Trinajstić information content (AvgIpc) is 2.58. The van der Waals surface area contributed by atoms with Crippen LogP contribution in [0.1, 0.15) is 59.1 Å². The molecule has 1 unspecified atom stereocenters. The lowest BCUT2D eigenvalue weighted by atomic mass is 9.92. The number of piperidine rings is 1. The van der Waals surface area contributed by atoms with E-state index >= 15 is 0 Å². The number of benzene rings is 1. The van der Waals surface area contributed by atoms with Gasteiger partial charge < -0.3 is 15.0 Å². The summed E-state index contributed by atoms with van der Waals surface area (Å²) >= 11 is 0. The molecule has 0 radical (unpaired) electrons. The van der Waals surface area contributed by atoms with Gasteiger partial charge in [0.2, 0.25) is 5.91 Å². The van der Waals surface area contributed by atoms with E-state index in [2.05, 4.69) is 31.3 Å². The van der Waals surface area contributed by atoms with Crippen LogP contribution in [0.4, 0.5) is 4.79 Å². The Kier molecular flexibility index (Phi) is 6.68. The van der Waals surface area contributed by atoms with E-state index in [9.17, 15) is 9.59 Å². The average molecular weight is 360 g/mol. The summed E-state index contributed by atoms with van der Waals surface area (Å²) in [7, 11) is 0. The molecule has 26 heavy (non-hydrogen) atoms. The van der Waals surface area contributed by atoms with E-state index < -0.39 is 5.60 Å². The maximum atomic E-state index is 12.7. The Bertz CT molecular complexity index is 599. The Morgan fingerprint density at radius 3 is 2.19 bits per heavy atom. The fourth-order valence-electron chi connectivity index (χ4n) is 3.22. The highest BCUT2D eigenvalue weighted by molar-refractivity contribution is 5.79. The number of rotatable bonds is 4. The number of carbonyl (C=O) groups is 2. The van der Waals surface area contributed by atoms with Gasteiger partial charge in [0, 0.05) is 19.0 Å². The van der Waals surface area contributed by atoms with Gasteiger partial charge in [0.1, 0.15) is 5.60 Å². The Hall–Kier alpha value is -2.04. The first-order valence-electron chi connectivity index (χ1n) is 9.50. The van der Waals surface area contributed by atoms with Gasteiger partial charge in [-0.3, -0.25) is 4.79 Å². The normalized spacial score (nSPS) is 17.1. The summed E-state index contributed by atoms with van der Waals surface area (Å²) in [5.41, 5.74) is 0.632. The zero-order valence-electron chi connectivity index (χ0n) is 16.6. The van der Waals surface area contributed by atoms with Gasteiger partial charge in [-0.2, -0.15) is 0 Å². The molecule has 1 heterocycles. The standard InChI is InChI=1S/C21H32N2O3/c1-15(2)18(16-9-7-6-8-10-16)22-19(24)17-11-13-23(14-12-17)20(25)26-21(3,4)5/h6-10,15,17-18H,11-14H2,1-5H3,(H,22,24). The van der Waals surface area contributed by atoms with Crippen molar-refractivity contribution in [3.8, 4) is 0 Å². The molecule has 1 N–H and O–H groups in total. The molecule has 0 spiro atoms. The third-order valence-corrected chi connectivity index (χ3v) is 4.64. The van der Waals surface area contributed by atoms with Gasteiger partial charge in [-0.25, -0.2) is 4.79 Å². The predicted molar refractivity (Wildman–Crippen MR) is 103 cm³/mol. The molecule has 2 amide bonds. The van der Waals surface area contributed by atoms with Gasteiger partial charge in [0.25, 0.3) is 0 Å². The first-order valence-corrected chi connectivity index (χ1v) is 9.50. The highest BCUT2D eigenvalue weighted by Crippen LogP contribution is 2.25. The molecule has 1 aliphatic heterocycles. The lowest BCUT2D eigenvalue weighted by Gasteiger charge is -2.34. The molecule has 5 nitrogen and oxygen atoms in total. The lowest BCUT2D eigenvalue weighted by molar-refractivity contribution is -0.127. The molecular formula is C21H32N2O3. The van der Waals surface area contributed by atoms with Gasteiger partial charge in [-0.15, -0.1) is 0 Å². The van der Waals surface area contributed by atoms with Crippen LogP contribution in [0.15, 0.2) is 30.3 Å². The Morgan fingerprint density at radius 1 is 1.12 bits per heavy atom. The molecule has 1 aromatic carbocycles. The largest absolute Gasteiger partial charge is 0.444 e. The van der Waals surface area contributed by atoms with Gasteiger partial charge in [-0.05, 0) is 45.1 Å². The molecule has 0 saturated carbocycles. The van der Waals surface area contributed by atoms with Crippen molar-refractivity contribution < 1.29 is 14.3 Å². The highest BCUT2D eigenvalue weighted by atomic mass is 16.6. The van der Waals surface area contributed by atoms with Gasteiger partial charge in [0.15, 0.2) is 0 Å². The lowest BCUT2D eigenvalue weighted by Crippen LogP contribution is -2.45. The second-order valence-corrected chi connectivity index (χ2v) is 8.38. The van der Waals surface area contributed by atoms with E-state index in [4.69, 9.17) is 4.74 Å². The Balaban J connectivity index is 1.90. The van der Waals surface area contributed by atoms with Gasteiger partial charge in [0.05, 0.1) is 6.04 Å². The third-order valence-electron chi connectivity index (χ3n) is 4.64. The molecule has 0 aliphatic carbocycles. The SMILES string of the molecule is CC(C)C(NC(=O)C1CCN(C(=O)OC(C)(C)C)CC1)c1ccccc1. The van der Waals surface area contributed by atoms with Crippen LogP contribution in [0.25, 0.3) is 0 Å². The van der Waals surface area contributed by atoms with Crippen LogP contribution in [0, 0.1) is 11.8 Å². The first-order chi connectivity index (χ1) is 12.2. The first kappa shape index (κ1) is 20.3. The molecule has 1 aliphatic rings. The van der Waals surface area contributed by atoms with Crippen LogP contribution >= 0.6 is 0 Å². The van der Waals surface area contributed by atoms with Crippen LogP contribution < -0.4 is 5.32 Å². The van der Waals surface area contributed by atoms with Crippen molar-refractivity contribution in [2.45, 2.75) is 59.1 Å². The Labute approximate surface area is 157 Å². The van der Waals surface area contributed by atoms with E-state index in [0.29, 0.717) is 31.8 Å². The number of amides is 2. The predicted octanol–water partition coefficient (Wildman–Crippen LogP) is 4.15. The molecule has 1 saturated heterocycles. The number of ether oxygens (including phenoxy) is 1. The fourth-order valence-corrected chi connectivity index (χ4v) is 3.22. The summed E-state index contributed by atoms with van der Waals surface area (Å²) in [6.07, 6.45) is 1.05. The molecular weight excluding hydrogens is 328 g/mol. The van der Waals surface area contributed by atoms with Crippen LogP contribution in [0.2, 0.25) is 0 Å². The highest BCUT2D eigenvalue weighted by Gasteiger charge is 2.31. The number of carbonyl (C=O) groups excluding carboxylic acids is 2. The number of hydrogen-bond acceptors (Lipinski definition) is 3. The van der Waals surface area contributed by atoms with Crippen molar-refractivity contribution in [1.29, 1.82) is 0 Å². The van der Waals surface area contributed by atoms with E-state index in [1.165, 1.54) is 0 Å². The molecule has 1 aromatic rings. The van der Waals surface area contributed by atoms with Crippen molar-refractivity contribution in [2.24, 2.45) is 11.8 Å². The second kappa shape index (κ2) is 8.56. The van der Waals surface area contributed by atoms with E-state index in [1.807, 2.05) is 39.0 Å². The van der Waals surface area contributed by atoms with E-state index in [-0.39, 0.29) is 24.0 Å². The van der Waals surface area contributed by atoms with Crippen LogP contribution in [-0.4, -0.2) is 35.6 Å². The van der Waals surface area contributed by atoms with E-state index in [1.54, 1.807) is 4.90 Å². The third kappa shape index (κ3) is 5.75. The van der Waals surface area contributed by atoms with Crippen LogP contribution in [-0.2, 0) is 9.53 Å². The molecule has 1 fully saturated rings. The minimum absolute atomic E-state index is 0.00702. The van der Waals surface area contributed by atoms with Crippen LogP contribution in [0.3, 0.4) is 0 Å². The summed E-state index contributed by atoms with van der Waals surface area (Å²) in [5.74, 6) is 0.332. The van der Waals surface area contributed by atoms with Crippen molar-refractivity contribution >= 4 is 12.0 Å². The van der Waals surface area contributed by atoms with Gasteiger partial charge in [-0.1, -0.05) is 44.2 Å².